The van der Waals surface area contributed by atoms with E-state index in [0.29, 0.717) is 34.7 Å². The summed E-state index contributed by atoms with van der Waals surface area (Å²) in [4.78, 5) is 19.8. The summed E-state index contributed by atoms with van der Waals surface area (Å²) in [6.07, 6.45) is 5.76. The quantitative estimate of drug-likeness (QED) is 0.357. The van der Waals surface area contributed by atoms with Crippen LogP contribution in [0, 0.1) is 5.92 Å². The maximum absolute atomic E-state index is 13.3. The number of benzene rings is 2. The van der Waals surface area contributed by atoms with Gasteiger partial charge in [0.1, 0.15) is 5.69 Å². The van der Waals surface area contributed by atoms with Gasteiger partial charge in [0.2, 0.25) is 0 Å². The second kappa shape index (κ2) is 10.1. The Balaban J connectivity index is 1.28. The van der Waals surface area contributed by atoms with Gasteiger partial charge in [0.05, 0.1) is 0 Å². The number of rotatable bonds is 6. The molecule has 0 aliphatic carbocycles. The first-order valence-corrected chi connectivity index (χ1v) is 12.3. The first kappa shape index (κ1) is 22.8. The summed E-state index contributed by atoms with van der Waals surface area (Å²) in [5, 5.41) is 5.41. The molecular weight excluding hydrogens is 467 g/mol. The van der Waals surface area contributed by atoms with E-state index >= 15 is 0 Å². The molecule has 1 saturated heterocycles. The third-order valence-corrected chi connectivity index (χ3v) is 7.17. The minimum absolute atomic E-state index is 0.0575. The Labute approximate surface area is 209 Å². The number of nitrogens with zero attached hydrogens (tertiary/aromatic N) is 3. The Morgan fingerprint density at radius 3 is 2.53 bits per heavy atom. The molecule has 0 unspecified atom stereocenters. The molecule has 0 spiro atoms. The summed E-state index contributed by atoms with van der Waals surface area (Å²) in [6.45, 7) is 3.14. The number of halogens is 2. The summed E-state index contributed by atoms with van der Waals surface area (Å²) < 4.78 is 2.03. The number of para-hydroxylation sites is 1. The molecule has 7 heteroatoms. The third-order valence-electron chi connectivity index (χ3n) is 6.58. The third kappa shape index (κ3) is 4.91. The van der Waals surface area contributed by atoms with Crippen LogP contribution in [0.2, 0.25) is 10.0 Å². The molecule has 2 aromatic heterocycles. The summed E-state index contributed by atoms with van der Waals surface area (Å²) in [7, 11) is 0. The van der Waals surface area contributed by atoms with Gasteiger partial charge in [0.25, 0.3) is 5.91 Å². The van der Waals surface area contributed by atoms with E-state index in [1.165, 1.54) is 5.69 Å². The highest BCUT2D eigenvalue weighted by Gasteiger charge is 2.22. The molecular formula is C27H26Cl2N4O. The van der Waals surface area contributed by atoms with Crippen LogP contribution in [-0.4, -0.2) is 35.1 Å². The van der Waals surface area contributed by atoms with E-state index < -0.39 is 0 Å². The molecule has 3 heterocycles. The normalized spacial score (nSPS) is 14.5. The van der Waals surface area contributed by atoms with Crippen LogP contribution in [0.25, 0.3) is 10.9 Å². The molecule has 1 amide bonds. The molecule has 1 aliphatic rings. The lowest BCUT2D eigenvalue weighted by molar-refractivity contribution is 0.0936. The van der Waals surface area contributed by atoms with Crippen LogP contribution in [0.15, 0.2) is 73.1 Å². The molecule has 0 radical (unpaired) electrons. The molecule has 0 bridgehead atoms. The van der Waals surface area contributed by atoms with Crippen molar-refractivity contribution in [1.29, 1.82) is 0 Å². The highest BCUT2D eigenvalue weighted by molar-refractivity contribution is 6.35. The van der Waals surface area contributed by atoms with Gasteiger partial charge in [-0.1, -0.05) is 47.5 Å². The van der Waals surface area contributed by atoms with Gasteiger partial charge in [-0.25, -0.2) is 0 Å². The van der Waals surface area contributed by atoms with Crippen molar-refractivity contribution in [3.63, 3.8) is 0 Å². The van der Waals surface area contributed by atoms with Gasteiger partial charge in [-0.05, 0) is 60.7 Å². The van der Waals surface area contributed by atoms with Crippen molar-refractivity contribution in [2.45, 2.75) is 19.4 Å². The highest BCUT2D eigenvalue weighted by Crippen LogP contribution is 2.27. The molecule has 4 aromatic rings. The van der Waals surface area contributed by atoms with Crippen molar-refractivity contribution < 1.29 is 4.79 Å². The predicted molar refractivity (Wildman–Crippen MR) is 139 cm³/mol. The zero-order valence-electron chi connectivity index (χ0n) is 18.8. The van der Waals surface area contributed by atoms with Crippen LogP contribution in [-0.2, 0) is 6.54 Å². The second-order valence-corrected chi connectivity index (χ2v) is 9.60. The van der Waals surface area contributed by atoms with Crippen molar-refractivity contribution in [3.8, 4) is 0 Å². The largest absolute Gasteiger partial charge is 0.371 e. The molecule has 2 aromatic carbocycles. The summed E-state index contributed by atoms with van der Waals surface area (Å²) in [6, 6.07) is 19.6. The predicted octanol–water partition coefficient (Wildman–Crippen LogP) is 6.04. The van der Waals surface area contributed by atoms with Gasteiger partial charge in [0.15, 0.2) is 0 Å². The molecule has 0 atom stereocenters. The number of anilines is 1. The number of hydrogen-bond acceptors (Lipinski definition) is 3. The number of piperidine rings is 1. The maximum atomic E-state index is 13.3. The number of aromatic nitrogens is 2. The molecule has 1 aliphatic heterocycles. The van der Waals surface area contributed by atoms with E-state index in [0.717, 1.165) is 42.4 Å². The van der Waals surface area contributed by atoms with Crippen molar-refractivity contribution in [1.82, 2.24) is 14.9 Å². The SMILES string of the molecule is O=C(NCC1CCN(c2ccncc2)CC1)c1cc2ccccc2n1Cc1ccc(Cl)cc1Cl. The van der Waals surface area contributed by atoms with Crippen molar-refractivity contribution in [3.05, 3.63) is 94.4 Å². The lowest BCUT2D eigenvalue weighted by Crippen LogP contribution is -2.39. The summed E-state index contributed by atoms with van der Waals surface area (Å²) in [5.41, 5.74) is 3.78. The number of pyridine rings is 1. The number of hydrogen-bond donors (Lipinski definition) is 1. The first-order chi connectivity index (χ1) is 16.6. The Hall–Kier alpha value is -3.02. The van der Waals surface area contributed by atoms with E-state index in [1.54, 1.807) is 6.07 Å². The molecule has 0 saturated carbocycles. The van der Waals surface area contributed by atoms with Gasteiger partial charge in [-0.2, -0.15) is 0 Å². The van der Waals surface area contributed by atoms with Gasteiger partial charge in [0, 0.05) is 65.2 Å². The Kier molecular flexibility index (Phi) is 6.75. The van der Waals surface area contributed by atoms with Gasteiger partial charge >= 0.3 is 0 Å². The molecule has 5 rings (SSSR count). The fourth-order valence-corrected chi connectivity index (χ4v) is 5.14. The van der Waals surface area contributed by atoms with Crippen molar-refractivity contribution in [2.24, 2.45) is 5.92 Å². The number of nitrogens with one attached hydrogen (secondary N) is 1. The standard InChI is InChI=1S/C27H26Cl2N4O/c28-22-6-5-21(24(29)16-22)18-33-25-4-2-1-3-20(25)15-26(33)27(34)31-17-19-9-13-32(14-10-19)23-7-11-30-12-8-23/h1-8,11-12,15-16,19H,9-10,13-14,17-18H2,(H,31,34). The fraction of sp³-hybridized carbons (Fsp3) is 0.259. The Morgan fingerprint density at radius 1 is 1.00 bits per heavy atom. The van der Waals surface area contributed by atoms with E-state index in [9.17, 15) is 4.79 Å². The number of carbonyl (C=O) groups excluding carboxylic acids is 1. The first-order valence-electron chi connectivity index (χ1n) is 11.5. The molecule has 5 nitrogen and oxygen atoms in total. The average Bonchev–Trinajstić information content (AvgIpc) is 3.23. The van der Waals surface area contributed by atoms with E-state index in [4.69, 9.17) is 23.2 Å². The minimum atomic E-state index is -0.0575. The second-order valence-electron chi connectivity index (χ2n) is 8.76. The fourth-order valence-electron chi connectivity index (χ4n) is 4.67. The zero-order chi connectivity index (χ0) is 23.5. The van der Waals surface area contributed by atoms with Crippen LogP contribution in [0.1, 0.15) is 28.9 Å². The van der Waals surface area contributed by atoms with E-state index in [2.05, 4.69) is 15.2 Å². The van der Waals surface area contributed by atoms with Gasteiger partial charge < -0.3 is 14.8 Å². The Bertz CT molecular complexity index is 1300. The molecule has 34 heavy (non-hydrogen) atoms. The van der Waals surface area contributed by atoms with Gasteiger partial charge in [-0.3, -0.25) is 9.78 Å². The number of amides is 1. The van der Waals surface area contributed by atoms with Crippen LogP contribution in [0.5, 0.6) is 0 Å². The molecule has 174 valence electrons. The highest BCUT2D eigenvalue weighted by atomic mass is 35.5. The maximum Gasteiger partial charge on any atom is 0.267 e. The molecule has 1 N–H and O–H groups in total. The van der Waals surface area contributed by atoms with Gasteiger partial charge in [-0.15, -0.1) is 0 Å². The number of fused-ring (bicyclic) bond motifs is 1. The Morgan fingerprint density at radius 2 is 1.76 bits per heavy atom. The summed E-state index contributed by atoms with van der Waals surface area (Å²) in [5.74, 6) is 0.406. The van der Waals surface area contributed by atoms with E-state index in [-0.39, 0.29) is 5.91 Å². The van der Waals surface area contributed by atoms with E-state index in [1.807, 2.05) is 71.6 Å². The molecule has 1 fully saturated rings. The van der Waals surface area contributed by atoms with Crippen molar-refractivity contribution >= 4 is 45.7 Å². The van der Waals surface area contributed by atoms with Crippen LogP contribution >= 0.6 is 23.2 Å². The minimum Gasteiger partial charge on any atom is -0.371 e. The van der Waals surface area contributed by atoms with Crippen LogP contribution in [0.4, 0.5) is 5.69 Å². The summed E-state index contributed by atoms with van der Waals surface area (Å²) >= 11 is 12.5. The average molecular weight is 493 g/mol. The smallest absolute Gasteiger partial charge is 0.267 e. The lowest BCUT2D eigenvalue weighted by Gasteiger charge is -2.33. The van der Waals surface area contributed by atoms with Crippen LogP contribution < -0.4 is 10.2 Å². The van der Waals surface area contributed by atoms with Crippen molar-refractivity contribution in [2.75, 3.05) is 24.5 Å². The lowest BCUT2D eigenvalue weighted by atomic mass is 9.96. The number of carbonyl (C=O) groups is 1. The monoisotopic (exact) mass is 492 g/mol. The van der Waals surface area contributed by atoms with Crippen LogP contribution in [0.3, 0.4) is 0 Å². The zero-order valence-corrected chi connectivity index (χ0v) is 20.3. The topological polar surface area (TPSA) is 50.2 Å².